The van der Waals surface area contributed by atoms with Crippen molar-refractivity contribution in [3.8, 4) is 11.5 Å². The van der Waals surface area contributed by atoms with Crippen molar-refractivity contribution < 1.29 is 22.1 Å². The molecule has 0 aromatic heterocycles. The Morgan fingerprint density at radius 3 is 2.52 bits per heavy atom. The van der Waals surface area contributed by atoms with E-state index in [1.54, 1.807) is 24.3 Å². The van der Waals surface area contributed by atoms with Gasteiger partial charge in [0, 0.05) is 11.3 Å². The summed E-state index contributed by atoms with van der Waals surface area (Å²) in [5.74, 6) is 1.13. The van der Waals surface area contributed by atoms with Gasteiger partial charge in [-0.05, 0) is 38.1 Å². The van der Waals surface area contributed by atoms with Crippen LogP contribution in [-0.4, -0.2) is 27.7 Å². The second-order valence-corrected chi connectivity index (χ2v) is 7.32. The lowest BCUT2D eigenvalue weighted by Crippen LogP contribution is -2.34. The fourth-order valence-corrected chi connectivity index (χ4v) is 3.28. The lowest BCUT2D eigenvalue weighted by molar-refractivity contribution is 0.0549. The molecule has 2 aromatic carbocycles. The molecule has 1 aliphatic heterocycles. The highest BCUT2D eigenvalue weighted by molar-refractivity contribution is 7.86. The molecule has 0 fully saturated rings. The van der Waals surface area contributed by atoms with Gasteiger partial charge in [0.25, 0.3) is 10.1 Å². The zero-order valence-electron chi connectivity index (χ0n) is 13.9. The Balaban J connectivity index is 0.00000225. The minimum atomic E-state index is -3.83. The molecular weight excluding hydrogens is 366 g/mol. The Morgan fingerprint density at radius 1 is 1.16 bits per heavy atom. The van der Waals surface area contributed by atoms with Gasteiger partial charge in [-0.2, -0.15) is 8.42 Å². The smallest absolute Gasteiger partial charge is 0.297 e. The van der Waals surface area contributed by atoms with Gasteiger partial charge in [-0.1, -0.05) is 17.7 Å². The largest absolute Gasteiger partial charge is 0.486 e. The molecule has 6 nitrogen and oxygen atoms in total. The predicted molar refractivity (Wildman–Crippen MR) is 97.1 cm³/mol. The molecule has 3 rings (SSSR count). The maximum atomic E-state index is 12.2. The Labute approximate surface area is 153 Å². The highest BCUT2D eigenvalue weighted by Crippen LogP contribution is 2.37. The summed E-state index contributed by atoms with van der Waals surface area (Å²) in [4.78, 5) is 0.116. The number of ether oxygens (including phenoxy) is 2. The SMILES string of the molecule is Cc1ccc(S(=O)(=O)OC[C@H]2COc3ccc(N)c(C)c3O2)cc1.Cl. The summed E-state index contributed by atoms with van der Waals surface area (Å²) >= 11 is 0. The molecule has 0 aliphatic carbocycles. The van der Waals surface area contributed by atoms with Gasteiger partial charge in [0.2, 0.25) is 0 Å². The Hall–Kier alpha value is -1.96. The van der Waals surface area contributed by atoms with Gasteiger partial charge in [-0.25, -0.2) is 0 Å². The predicted octanol–water partition coefficient (Wildman–Crippen LogP) is 2.85. The summed E-state index contributed by atoms with van der Waals surface area (Å²) in [6.45, 7) is 3.78. The first kappa shape index (κ1) is 19.4. The number of hydrogen-bond donors (Lipinski definition) is 1. The van der Waals surface area contributed by atoms with E-state index in [4.69, 9.17) is 19.4 Å². The molecular formula is C17H20ClNO5S. The van der Waals surface area contributed by atoms with Gasteiger partial charge in [-0.15, -0.1) is 12.4 Å². The zero-order chi connectivity index (χ0) is 17.3. The van der Waals surface area contributed by atoms with Crippen LogP contribution in [0.2, 0.25) is 0 Å². The molecule has 0 amide bonds. The van der Waals surface area contributed by atoms with Crippen LogP contribution in [0.25, 0.3) is 0 Å². The summed E-state index contributed by atoms with van der Waals surface area (Å²) < 4.78 is 40.9. The maximum Gasteiger partial charge on any atom is 0.297 e. The number of hydrogen-bond acceptors (Lipinski definition) is 6. The van der Waals surface area contributed by atoms with Crippen molar-refractivity contribution in [3.05, 3.63) is 47.5 Å². The summed E-state index contributed by atoms with van der Waals surface area (Å²) in [5, 5.41) is 0. The molecule has 0 saturated heterocycles. The minimum absolute atomic E-state index is 0. The molecule has 0 unspecified atom stereocenters. The minimum Gasteiger partial charge on any atom is -0.486 e. The fourth-order valence-electron chi connectivity index (χ4n) is 2.35. The van der Waals surface area contributed by atoms with E-state index < -0.39 is 16.2 Å². The summed E-state index contributed by atoms with van der Waals surface area (Å²) in [7, 11) is -3.83. The second kappa shape index (κ2) is 7.51. The van der Waals surface area contributed by atoms with Crippen LogP contribution in [0.3, 0.4) is 0 Å². The van der Waals surface area contributed by atoms with E-state index in [-0.39, 0.29) is 30.5 Å². The van der Waals surface area contributed by atoms with Gasteiger partial charge in [0.05, 0.1) is 4.90 Å². The number of rotatable bonds is 4. The number of anilines is 1. The third-order valence-corrected chi connectivity index (χ3v) is 5.14. The van der Waals surface area contributed by atoms with Crippen molar-refractivity contribution in [3.63, 3.8) is 0 Å². The van der Waals surface area contributed by atoms with Gasteiger partial charge in [0.15, 0.2) is 17.6 Å². The molecule has 0 spiro atoms. The average molecular weight is 386 g/mol. The van der Waals surface area contributed by atoms with E-state index in [1.165, 1.54) is 12.1 Å². The number of fused-ring (bicyclic) bond motifs is 1. The van der Waals surface area contributed by atoms with Crippen LogP contribution in [0.4, 0.5) is 5.69 Å². The van der Waals surface area contributed by atoms with Crippen LogP contribution in [0.5, 0.6) is 11.5 Å². The number of aryl methyl sites for hydroxylation is 1. The first-order valence-electron chi connectivity index (χ1n) is 7.51. The van der Waals surface area contributed by atoms with E-state index in [9.17, 15) is 8.42 Å². The van der Waals surface area contributed by atoms with Gasteiger partial charge >= 0.3 is 0 Å². The van der Waals surface area contributed by atoms with Gasteiger partial charge in [-0.3, -0.25) is 4.18 Å². The van der Waals surface area contributed by atoms with E-state index in [1.807, 2.05) is 13.8 Å². The molecule has 2 N–H and O–H groups in total. The molecule has 2 aromatic rings. The fraction of sp³-hybridized carbons (Fsp3) is 0.294. The quantitative estimate of drug-likeness (QED) is 0.643. The standard InChI is InChI=1S/C17H19NO5S.ClH/c1-11-3-5-14(6-4-11)24(19,20)22-10-13-9-21-16-8-7-15(18)12(2)17(16)23-13;/h3-8,13H,9-10,18H2,1-2H3;1H/t13-;/m1./s1. The van der Waals surface area contributed by atoms with Crippen LogP contribution in [0, 0.1) is 13.8 Å². The zero-order valence-corrected chi connectivity index (χ0v) is 15.5. The van der Waals surface area contributed by atoms with Crippen molar-refractivity contribution in [1.82, 2.24) is 0 Å². The van der Waals surface area contributed by atoms with Crippen LogP contribution < -0.4 is 15.2 Å². The molecule has 1 aliphatic rings. The molecule has 0 saturated carbocycles. The first-order chi connectivity index (χ1) is 11.4. The second-order valence-electron chi connectivity index (χ2n) is 5.71. The number of halogens is 1. The monoisotopic (exact) mass is 385 g/mol. The molecule has 0 radical (unpaired) electrons. The number of nitrogen functional groups attached to an aromatic ring is 1. The number of nitrogens with two attached hydrogens (primary N) is 1. The normalized spacial score (nSPS) is 16.2. The highest BCUT2D eigenvalue weighted by Gasteiger charge is 2.26. The lowest BCUT2D eigenvalue weighted by Gasteiger charge is -2.27. The van der Waals surface area contributed by atoms with E-state index in [0.717, 1.165) is 11.1 Å². The van der Waals surface area contributed by atoms with Crippen molar-refractivity contribution in [1.29, 1.82) is 0 Å². The van der Waals surface area contributed by atoms with Crippen molar-refractivity contribution in [2.24, 2.45) is 0 Å². The van der Waals surface area contributed by atoms with E-state index in [0.29, 0.717) is 17.2 Å². The molecule has 8 heteroatoms. The van der Waals surface area contributed by atoms with Gasteiger partial charge < -0.3 is 15.2 Å². The Kier molecular flexibility index (Phi) is 5.82. The van der Waals surface area contributed by atoms with Gasteiger partial charge in [0.1, 0.15) is 13.2 Å². The van der Waals surface area contributed by atoms with Crippen LogP contribution in [0.15, 0.2) is 41.3 Å². The molecule has 136 valence electrons. The lowest BCUT2D eigenvalue weighted by atomic mass is 10.1. The maximum absolute atomic E-state index is 12.2. The van der Waals surface area contributed by atoms with Crippen molar-refractivity contribution in [2.45, 2.75) is 24.8 Å². The molecule has 0 bridgehead atoms. The Bertz CT molecular complexity index is 852. The van der Waals surface area contributed by atoms with Crippen LogP contribution in [0.1, 0.15) is 11.1 Å². The van der Waals surface area contributed by atoms with Crippen molar-refractivity contribution in [2.75, 3.05) is 18.9 Å². The third kappa shape index (κ3) is 4.18. The van der Waals surface area contributed by atoms with Crippen LogP contribution in [-0.2, 0) is 14.3 Å². The molecule has 25 heavy (non-hydrogen) atoms. The van der Waals surface area contributed by atoms with Crippen molar-refractivity contribution >= 4 is 28.2 Å². The average Bonchev–Trinajstić information content (AvgIpc) is 2.57. The number of benzene rings is 2. The summed E-state index contributed by atoms with van der Waals surface area (Å²) in [6, 6.07) is 9.96. The van der Waals surface area contributed by atoms with E-state index >= 15 is 0 Å². The Morgan fingerprint density at radius 2 is 1.84 bits per heavy atom. The molecule has 1 atom stereocenters. The van der Waals surface area contributed by atoms with Crippen LogP contribution >= 0.6 is 12.4 Å². The highest BCUT2D eigenvalue weighted by atomic mass is 35.5. The third-order valence-electron chi connectivity index (χ3n) is 3.84. The summed E-state index contributed by atoms with van der Waals surface area (Å²) in [5.41, 5.74) is 8.18. The molecule has 1 heterocycles. The summed E-state index contributed by atoms with van der Waals surface area (Å²) in [6.07, 6.45) is -0.529. The first-order valence-corrected chi connectivity index (χ1v) is 8.92. The topological polar surface area (TPSA) is 87.9 Å². The van der Waals surface area contributed by atoms with E-state index in [2.05, 4.69) is 0 Å².